The van der Waals surface area contributed by atoms with E-state index in [1.54, 1.807) is 0 Å². The summed E-state index contributed by atoms with van der Waals surface area (Å²) in [5.41, 5.74) is 3.49. The number of nitrogens with zero attached hydrogens (tertiary/aromatic N) is 1. The molecule has 0 unspecified atom stereocenters. The van der Waals surface area contributed by atoms with Crippen molar-refractivity contribution in [1.29, 1.82) is 0 Å². The highest BCUT2D eigenvalue weighted by Gasteiger charge is 2.17. The lowest BCUT2D eigenvalue weighted by atomic mass is 9.85. The Morgan fingerprint density at radius 2 is 1.77 bits per heavy atom. The fourth-order valence-electron chi connectivity index (χ4n) is 4.63. The zero-order chi connectivity index (χ0) is 21.5. The first-order valence-electron chi connectivity index (χ1n) is 11.7. The highest BCUT2D eigenvalue weighted by atomic mass is 16.4. The molecule has 1 aliphatic carbocycles. The summed E-state index contributed by atoms with van der Waals surface area (Å²) in [6.45, 7) is 0.532. The molecule has 0 radical (unpaired) electrons. The molecule has 1 saturated carbocycles. The van der Waals surface area contributed by atoms with Crippen molar-refractivity contribution >= 4 is 17.1 Å². The van der Waals surface area contributed by atoms with Gasteiger partial charge in [-0.3, -0.25) is 0 Å². The third kappa shape index (κ3) is 5.66. The van der Waals surface area contributed by atoms with Gasteiger partial charge in [0.25, 0.3) is 0 Å². The van der Waals surface area contributed by atoms with E-state index in [9.17, 15) is 9.59 Å². The topological polar surface area (TPSA) is 64.2 Å². The SMILES string of the molecule is O=C(NCCCCc1ccccc1)n1c(=O)oc2cc(CCC3CCCCC3)ccc21. The molecule has 0 saturated heterocycles. The predicted octanol–water partition coefficient (Wildman–Crippen LogP) is 5.69. The number of unbranched alkanes of at least 4 members (excludes halogenated alkanes) is 1. The van der Waals surface area contributed by atoms with Gasteiger partial charge in [0.1, 0.15) is 0 Å². The van der Waals surface area contributed by atoms with E-state index in [1.807, 2.05) is 36.4 Å². The number of fused-ring (bicyclic) bond motifs is 1. The van der Waals surface area contributed by atoms with Crippen molar-refractivity contribution in [2.45, 2.75) is 64.2 Å². The normalized spacial score (nSPS) is 14.7. The number of nitrogens with one attached hydrogen (secondary N) is 1. The minimum Gasteiger partial charge on any atom is -0.407 e. The number of aromatic nitrogens is 1. The van der Waals surface area contributed by atoms with Gasteiger partial charge in [-0.05, 0) is 61.3 Å². The molecule has 1 aromatic heterocycles. The Labute approximate surface area is 183 Å². The van der Waals surface area contributed by atoms with Crippen LogP contribution in [0.3, 0.4) is 0 Å². The van der Waals surface area contributed by atoms with E-state index < -0.39 is 11.8 Å². The van der Waals surface area contributed by atoms with Gasteiger partial charge >= 0.3 is 11.8 Å². The van der Waals surface area contributed by atoms with Crippen LogP contribution in [0.5, 0.6) is 0 Å². The van der Waals surface area contributed by atoms with Crippen molar-refractivity contribution in [2.75, 3.05) is 6.54 Å². The summed E-state index contributed by atoms with van der Waals surface area (Å²) in [5.74, 6) is 0.190. The van der Waals surface area contributed by atoms with E-state index in [-0.39, 0.29) is 0 Å². The summed E-state index contributed by atoms with van der Waals surface area (Å²) in [6.07, 6.45) is 11.7. The molecular weight excluding hydrogens is 388 g/mol. The molecule has 31 heavy (non-hydrogen) atoms. The van der Waals surface area contributed by atoms with Crippen LogP contribution in [0.2, 0.25) is 0 Å². The van der Waals surface area contributed by atoms with Crippen LogP contribution >= 0.6 is 0 Å². The van der Waals surface area contributed by atoms with Crippen LogP contribution in [0.25, 0.3) is 11.1 Å². The Kier molecular flexibility index (Phi) is 7.23. The summed E-state index contributed by atoms with van der Waals surface area (Å²) < 4.78 is 6.49. The maximum atomic E-state index is 12.6. The average Bonchev–Trinajstić information content (AvgIpc) is 3.13. The van der Waals surface area contributed by atoms with Crippen LogP contribution in [0, 0.1) is 5.92 Å². The third-order valence-corrected chi connectivity index (χ3v) is 6.43. The fourth-order valence-corrected chi connectivity index (χ4v) is 4.63. The van der Waals surface area contributed by atoms with Crippen LogP contribution in [-0.4, -0.2) is 17.1 Å². The molecule has 4 rings (SSSR count). The van der Waals surface area contributed by atoms with Crippen LogP contribution in [0.4, 0.5) is 4.79 Å². The minimum absolute atomic E-state index is 0.418. The van der Waals surface area contributed by atoms with E-state index in [0.29, 0.717) is 17.6 Å². The summed E-state index contributed by atoms with van der Waals surface area (Å²) >= 11 is 0. The van der Waals surface area contributed by atoms with E-state index in [4.69, 9.17) is 4.42 Å². The fraction of sp³-hybridized carbons (Fsp3) is 0.462. The second-order valence-electron chi connectivity index (χ2n) is 8.72. The monoisotopic (exact) mass is 420 g/mol. The van der Waals surface area contributed by atoms with Gasteiger partial charge in [0, 0.05) is 6.54 Å². The Hall–Kier alpha value is -2.82. The maximum absolute atomic E-state index is 12.6. The zero-order valence-corrected chi connectivity index (χ0v) is 18.1. The number of hydrogen-bond donors (Lipinski definition) is 1. The van der Waals surface area contributed by atoms with Crippen molar-refractivity contribution in [2.24, 2.45) is 5.92 Å². The molecule has 5 nitrogen and oxygen atoms in total. The smallest absolute Gasteiger partial charge is 0.407 e. The van der Waals surface area contributed by atoms with Crippen molar-refractivity contribution < 1.29 is 9.21 Å². The minimum atomic E-state index is -0.624. The molecule has 1 amide bonds. The number of benzene rings is 2. The number of aryl methyl sites for hydroxylation is 2. The van der Waals surface area contributed by atoms with E-state index in [1.165, 1.54) is 49.7 Å². The molecular formula is C26H32N2O3. The standard InChI is InChI=1S/C26H32N2O3/c29-25(27-18-8-7-13-20-9-3-1-4-10-20)28-23-17-16-22(19-24(23)31-26(28)30)15-14-21-11-5-2-6-12-21/h1,3-4,9-10,16-17,19,21H,2,5-8,11-15,18H2,(H,27,29). The van der Waals surface area contributed by atoms with Gasteiger partial charge in [0.05, 0.1) is 5.52 Å². The van der Waals surface area contributed by atoms with Gasteiger partial charge in [0.15, 0.2) is 5.58 Å². The van der Waals surface area contributed by atoms with Gasteiger partial charge in [-0.15, -0.1) is 0 Å². The molecule has 2 aromatic carbocycles. The average molecular weight is 421 g/mol. The number of amides is 1. The largest absolute Gasteiger partial charge is 0.428 e. The molecule has 1 aliphatic rings. The Morgan fingerprint density at radius 3 is 2.58 bits per heavy atom. The summed E-state index contributed by atoms with van der Waals surface area (Å²) in [7, 11) is 0. The van der Waals surface area contributed by atoms with E-state index in [2.05, 4.69) is 17.4 Å². The van der Waals surface area contributed by atoms with E-state index in [0.717, 1.165) is 36.2 Å². The molecule has 0 aliphatic heterocycles. The zero-order valence-electron chi connectivity index (χ0n) is 18.1. The molecule has 1 heterocycles. The number of hydrogen-bond acceptors (Lipinski definition) is 3. The molecule has 164 valence electrons. The molecule has 0 spiro atoms. The van der Waals surface area contributed by atoms with Crippen LogP contribution < -0.4 is 11.1 Å². The molecule has 5 heteroatoms. The van der Waals surface area contributed by atoms with E-state index >= 15 is 0 Å². The van der Waals surface area contributed by atoms with Crippen LogP contribution in [0.1, 0.15) is 62.5 Å². The van der Waals surface area contributed by atoms with Gasteiger partial charge in [-0.1, -0.05) is 68.5 Å². The van der Waals surface area contributed by atoms with Crippen molar-refractivity contribution in [3.05, 3.63) is 70.2 Å². The molecule has 0 bridgehead atoms. The number of carbonyl (C=O) groups is 1. The van der Waals surface area contributed by atoms with Crippen LogP contribution in [-0.2, 0) is 12.8 Å². The number of oxazole rings is 1. The Balaban J connectivity index is 1.31. The Bertz CT molecular complexity index is 1050. The first-order valence-corrected chi connectivity index (χ1v) is 11.7. The highest BCUT2D eigenvalue weighted by Crippen LogP contribution is 2.28. The quantitative estimate of drug-likeness (QED) is 0.476. The highest BCUT2D eigenvalue weighted by molar-refractivity contribution is 5.88. The Morgan fingerprint density at radius 1 is 0.968 bits per heavy atom. The van der Waals surface area contributed by atoms with Gasteiger partial charge in [0.2, 0.25) is 0 Å². The predicted molar refractivity (Wildman–Crippen MR) is 124 cm³/mol. The molecule has 1 N–H and O–H groups in total. The summed E-state index contributed by atoms with van der Waals surface area (Å²) in [4.78, 5) is 24.9. The lowest BCUT2D eigenvalue weighted by Crippen LogP contribution is -2.34. The molecule has 1 fully saturated rings. The maximum Gasteiger partial charge on any atom is 0.428 e. The summed E-state index contributed by atoms with van der Waals surface area (Å²) in [6, 6.07) is 15.7. The first-order chi connectivity index (χ1) is 15.2. The lowest BCUT2D eigenvalue weighted by Gasteiger charge is -2.21. The first kappa shape index (κ1) is 21.4. The number of rotatable bonds is 8. The summed E-state index contributed by atoms with van der Waals surface area (Å²) in [5, 5.41) is 2.85. The van der Waals surface area contributed by atoms with Gasteiger partial charge < -0.3 is 9.73 Å². The second kappa shape index (κ2) is 10.5. The lowest BCUT2D eigenvalue weighted by molar-refractivity contribution is 0.241. The van der Waals surface area contributed by atoms with Gasteiger partial charge in [-0.2, -0.15) is 4.57 Å². The second-order valence-corrected chi connectivity index (χ2v) is 8.72. The molecule has 0 atom stereocenters. The van der Waals surface area contributed by atoms with Crippen molar-refractivity contribution in [1.82, 2.24) is 9.88 Å². The van der Waals surface area contributed by atoms with Gasteiger partial charge in [-0.25, -0.2) is 9.59 Å². The van der Waals surface area contributed by atoms with Crippen molar-refractivity contribution in [3.63, 3.8) is 0 Å². The van der Waals surface area contributed by atoms with Crippen molar-refractivity contribution in [3.8, 4) is 0 Å². The molecule has 3 aromatic rings. The third-order valence-electron chi connectivity index (χ3n) is 6.43. The number of carbonyl (C=O) groups excluding carboxylic acids is 1. The van der Waals surface area contributed by atoms with Crippen LogP contribution in [0.15, 0.2) is 57.7 Å².